The SMILES string of the molecule is C1=CC2Oc3cc(-c4ccc(N(c5ccc6c(c5)C(c5ccccc5)(c5ccccc5)c5ccccc5-6)c5ccc6ccccc6c5-c5ccccc5)cc4)ccc3C2C=C1. The van der Waals surface area contributed by atoms with E-state index in [2.05, 4.69) is 242 Å². The second-order valence-corrected chi connectivity index (χ2v) is 16.3. The van der Waals surface area contributed by atoms with Crippen molar-refractivity contribution >= 4 is 27.8 Å². The Bertz CT molecular complexity index is 3130. The highest BCUT2D eigenvalue weighted by Gasteiger charge is 2.46. The van der Waals surface area contributed by atoms with E-state index in [-0.39, 0.29) is 12.0 Å². The van der Waals surface area contributed by atoms with E-state index in [9.17, 15) is 0 Å². The smallest absolute Gasteiger partial charge is 0.128 e. The van der Waals surface area contributed by atoms with Crippen LogP contribution in [0.25, 0.3) is 44.2 Å². The molecule has 2 aliphatic carbocycles. The first-order valence-corrected chi connectivity index (χ1v) is 21.2. The lowest BCUT2D eigenvalue weighted by Crippen LogP contribution is -2.28. The number of allylic oxidation sites excluding steroid dienone is 2. The van der Waals surface area contributed by atoms with Crippen LogP contribution >= 0.6 is 0 Å². The Labute approximate surface area is 357 Å². The van der Waals surface area contributed by atoms with Gasteiger partial charge in [-0.3, -0.25) is 0 Å². The molecule has 0 amide bonds. The predicted octanol–water partition coefficient (Wildman–Crippen LogP) is 15.0. The fourth-order valence-corrected chi connectivity index (χ4v) is 10.4. The maximum atomic E-state index is 6.44. The van der Waals surface area contributed by atoms with Crippen molar-refractivity contribution in [2.24, 2.45) is 0 Å². The molecule has 0 spiro atoms. The molecule has 288 valence electrons. The highest BCUT2D eigenvalue weighted by atomic mass is 16.5. The summed E-state index contributed by atoms with van der Waals surface area (Å²) >= 11 is 0. The van der Waals surface area contributed by atoms with E-state index < -0.39 is 5.41 Å². The summed E-state index contributed by atoms with van der Waals surface area (Å²) in [6.07, 6.45) is 8.68. The molecule has 0 saturated heterocycles. The number of rotatable bonds is 7. The average molecular weight is 780 g/mol. The highest BCUT2D eigenvalue weighted by molar-refractivity contribution is 6.05. The van der Waals surface area contributed by atoms with Gasteiger partial charge >= 0.3 is 0 Å². The van der Waals surface area contributed by atoms with Crippen LogP contribution in [-0.4, -0.2) is 6.10 Å². The van der Waals surface area contributed by atoms with Gasteiger partial charge in [-0.2, -0.15) is 0 Å². The molecule has 0 saturated carbocycles. The van der Waals surface area contributed by atoms with Crippen LogP contribution in [0.3, 0.4) is 0 Å². The van der Waals surface area contributed by atoms with E-state index in [0.717, 1.165) is 33.9 Å². The monoisotopic (exact) mass is 779 g/mol. The molecule has 0 N–H and O–H groups in total. The van der Waals surface area contributed by atoms with Crippen LogP contribution in [0, 0.1) is 0 Å². The Kier molecular flexibility index (Phi) is 8.24. The molecule has 9 aromatic rings. The van der Waals surface area contributed by atoms with E-state index in [1.165, 1.54) is 60.8 Å². The molecule has 12 rings (SSSR count). The maximum Gasteiger partial charge on any atom is 0.128 e. The lowest BCUT2D eigenvalue weighted by atomic mass is 9.67. The van der Waals surface area contributed by atoms with Crippen molar-refractivity contribution in [1.82, 2.24) is 0 Å². The third-order valence-corrected chi connectivity index (χ3v) is 13.1. The van der Waals surface area contributed by atoms with Crippen molar-refractivity contribution in [3.05, 3.63) is 264 Å². The molecule has 2 heteroatoms. The Balaban J connectivity index is 1.08. The second kappa shape index (κ2) is 14.3. The summed E-state index contributed by atoms with van der Waals surface area (Å²) in [6, 6.07) is 78.2. The van der Waals surface area contributed by atoms with Gasteiger partial charge in [-0.15, -0.1) is 0 Å². The lowest BCUT2D eigenvalue weighted by Gasteiger charge is -2.35. The zero-order valence-electron chi connectivity index (χ0n) is 33.5. The van der Waals surface area contributed by atoms with Gasteiger partial charge in [0.2, 0.25) is 0 Å². The lowest BCUT2D eigenvalue weighted by molar-refractivity contribution is 0.269. The average Bonchev–Trinajstić information content (AvgIpc) is 3.86. The summed E-state index contributed by atoms with van der Waals surface area (Å²) in [5, 5.41) is 2.43. The van der Waals surface area contributed by atoms with Crippen molar-refractivity contribution in [1.29, 1.82) is 0 Å². The van der Waals surface area contributed by atoms with Crippen LogP contribution < -0.4 is 9.64 Å². The number of anilines is 3. The van der Waals surface area contributed by atoms with E-state index in [4.69, 9.17) is 4.74 Å². The number of hydrogen-bond donors (Lipinski definition) is 0. The fraction of sp³-hybridized carbons (Fsp3) is 0.0508. The topological polar surface area (TPSA) is 12.5 Å². The summed E-state index contributed by atoms with van der Waals surface area (Å²) in [5.41, 5.74) is 16.3. The minimum Gasteiger partial charge on any atom is -0.485 e. The van der Waals surface area contributed by atoms with Crippen LogP contribution in [0.1, 0.15) is 33.7 Å². The molecular formula is C59H41NO. The highest BCUT2D eigenvalue weighted by Crippen LogP contribution is 2.57. The van der Waals surface area contributed by atoms with Gasteiger partial charge in [0.15, 0.2) is 0 Å². The van der Waals surface area contributed by atoms with Crippen molar-refractivity contribution in [3.8, 4) is 39.1 Å². The summed E-state index contributed by atoms with van der Waals surface area (Å²) in [4.78, 5) is 2.47. The number of benzene rings is 9. The zero-order valence-corrected chi connectivity index (χ0v) is 33.5. The minimum atomic E-state index is -0.523. The fourth-order valence-electron chi connectivity index (χ4n) is 10.4. The van der Waals surface area contributed by atoms with Crippen molar-refractivity contribution in [2.75, 3.05) is 4.90 Å². The molecule has 2 nitrogen and oxygen atoms in total. The molecule has 61 heavy (non-hydrogen) atoms. The molecule has 1 heterocycles. The van der Waals surface area contributed by atoms with Crippen molar-refractivity contribution in [2.45, 2.75) is 17.4 Å². The van der Waals surface area contributed by atoms with Gasteiger partial charge in [0.25, 0.3) is 0 Å². The van der Waals surface area contributed by atoms with Crippen molar-refractivity contribution < 1.29 is 4.74 Å². The van der Waals surface area contributed by atoms with Crippen LogP contribution in [0.5, 0.6) is 5.75 Å². The van der Waals surface area contributed by atoms with Gasteiger partial charge in [-0.25, -0.2) is 0 Å². The molecule has 0 aromatic heterocycles. The maximum absolute atomic E-state index is 6.44. The first-order valence-electron chi connectivity index (χ1n) is 21.2. The molecular weight excluding hydrogens is 739 g/mol. The number of ether oxygens (including phenoxy) is 1. The first-order chi connectivity index (χ1) is 30.3. The quantitative estimate of drug-likeness (QED) is 0.160. The molecule has 2 atom stereocenters. The number of fused-ring (bicyclic) bond motifs is 7. The van der Waals surface area contributed by atoms with E-state index in [1.54, 1.807) is 0 Å². The number of hydrogen-bond acceptors (Lipinski definition) is 2. The molecule has 0 fully saturated rings. The third-order valence-electron chi connectivity index (χ3n) is 13.1. The van der Waals surface area contributed by atoms with Gasteiger partial charge in [0, 0.05) is 28.4 Å². The van der Waals surface area contributed by atoms with Gasteiger partial charge in [-0.05, 0) is 103 Å². The summed E-state index contributed by atoms with van der Waals surface area (Å²) in [5.74, 6) is 1.24. The summed E-state index contributed by atoms with van der Waals surface area (Å²) in [7, 11) is 0. The van der Waals surface area contributed by atoms with Gasteiger partial charge in [0.05, 0.1) is 11.1 Å². The van der Waals surface area contributed by atoms with Crippen LogP contribution in [0.4, 0.5) is 17.1 Å². The standard InChI is InChI=1S/C59H41NO/c1-4-17-42(18-5-1)58-48-23-11-10-16-41(48)31-37-55(58)60(46-32-28-40(29-33-46)43-30-35-52-51-25-13-15-27-56(51)61-57(52)38-43)47-34-36-50-49-24-12-14-26-53(49)59(54(50)39-47,44-19-6-2-7-20-44)45-21-8-3-9-22-45/h1-39,51,56H. The Morgan fingerprint density at radius 1 is 0.443 bits per heavy atom. The molecule has 3 aliphatic rings. The second-order valence-electron chi connectivity index (χ2n) is 16.3. The van der Waals surface area contributed by atoms with Crippen molar-refractivity contribution in [3.63, 3.8) is 0 Å². The first kappa shape index (κ1) is 35.3. The Morgan fingerprint density at radius 2 is 1.08 bits per heavy atom. The van der Waals surface area contributed by atoms with Gasteiger partial charge in [0.1, 0.15) is 11.9 Å². The Hall–Kier alpha value is -7.68. The van der Waals surface area contributed by atoms with E-state index >= 15 is 0 Å². The van der Waals surface area contributed by atoms with E-state index in [0.29, 0.717) is 0 Å². The van der Waals surface area contributed by atoms with Crippen LogP contribution in [0.15, 0.2) is 237 Å². The summed E-state index contributed by atoms with van der Waals surface area (Å²) in [6.45, 7) is 0. The van der Waals surface area contributed by atoms with Gasteiger partial charge in [-0.1, -0.05) is 194 Å². The largest absolute Gasteiger partial charge is 0.485 e. The molecule has 0 radical (unpaired) electrons. The normalized spacial score (nSPS) is 16.3. The molecule has 0 bridgehead atoms. The molecule has 9 aromatic carbocycles. The predicted molar refractivity (Wildman–Crippen MR) is 252 cm³/mol. The molecule has 1 aliphatic heterocycles. The zero-order chi connectivity index (χ0) is 40.3. The molecule has 2 unspecified atom stereocenters. The summed E-state index contributed by atoms with van der Waals surface area (Å²) < 4.78 is 6.44. The Morgan fingerprint density at radius 3 is 1.87 bits per heavy atom. The van der Waals surface area contributed by atoms with Crippen LogP contribution in [0.2, 0.25) is 0 Å². The van der Waals surface area contributed by atoms with Gasteiger partial charge < -0.3 is 9.64 Å². The van der Waals surface area contributed by atoms with Crippen LogP contribution in [-0.2, 0) is 5.41 Å². The van der Waals surface area contributed by atoms with E-state index in [1.807, 2.05) is 0 Å². The number of nitrogens with zero attached hydrogens (tertiary/aromatic N) is 1. The third kappa shape index (κ3) is 5.56. The minimum absolute atomic E-state index is 0.0644.